The Kier molecular flexibility index (Phi) is 3.41. The first-order chi connectivity index (χ1) is 12.8. The van der Waals surface area contributed by atoms with Gasteiger partial charge in [-0.25, -0.2) is 13.7 Å². The fourth-order valence-corrected chi connectivity index (χ4v) is 3.40. The van der Waals surface area contributed by atoms with Crippen molar-refractivity contribution in [3.8, 4) is 0 Å². The van der Waals surface area contributed by atoms with Gasteiger partial charge < -0.3 is 5.32 Å². The Morgan fingerprint density at radius 2 is 1.92 bits per heavy atom. The van der Waals surface area contributed by atoms with Crippen LogP contribution >= 0.6 is 0 Å². The topological polar surface area (TPSA) is 81.7 Å². The Bertz CT molecular complexity index is 1070. The quantitative estimate of drug-likeness (QED) is 0.608. The molecule has 0 amide bonds. The summed E-state index contributed by atoms with van der Waals surface area (Å²) < 4.78 is 19.9. The average Bonchev–Trinajstić information content (AvgIpc) is 3.28. The predicted molar refractivity (Wildman–Crippen MR) is 92.6 cm³/mol. The second-order valence-electron chi connectivity index (χ2n) is 6.36. The number of halogens is 1. The van der Waals surface area contributed by atoms with Gasteiger partial charge in [-0.3, -0.25) is 0 Å². The van der Waals surface area contributed by atoms with Crippen LogP contribution in [0.1, 0.15) is 30.1 Å². The lowest BCUT2D eigenvalue weighted by molar-refractivity contribution is 0.315. The number of aryl methyl sites for hydroxylation is 1. The SMILES string of the molecule is Fc1ccc(C2CCCn3nc(Nc4ccc5nonc5c4)nc32)cc1. The van der Waals surface area contributed by atoms with E-state index >= 15 is 0 Å². The minimum absolute atomic E-state index is 0.120. The van der Waals surface area contributed by atoms with Crippen LogP contribution in [-0.2, 0) is 6.54 Å². The number of hydrogen-bond donors (Lipinski definition) is 1. The molecule has 0 fully saturated rings. The summed E-state index contributed by atoms with van der Waals surface area (Å²) in [5, 5.41) is 15.4. The number of rotatable bonds is 3. The van der Waals surface area contributed by atoms with Crippen LogP contribution in [0.4, 0.5) is 16.0 Å². The van der Waals surface area contributed by atoms with Gasteiger partial charge in [0.2, 0.25) is 5.95 Å². The van der Waals surface area contributed by atoms with Crippen LogP contribution in [0.25, 0.3) is 11.0 Å². The normalized spacial score (nSPS) is 16.6. The summed E-state index contributed by atoms with van der Waals surface area (Å²) >= 11 is 0. The number of anilines is 2. The zero-order valence-corrected chi connectivity index (χ0v) is 13.8. The highest BCUT2D eigenvalue weighted by Crippen LogP contribution is 2.33. The van der Waals surface area contributed by atoms with Crippen molar-refractivity contribution in [3.05, 3.63) is 59.7 Å². The van der Waals surface area contributed by atoms with Crippen LogP contribution in [0.2, 0.25) is 0 Å². The Balaban J connectivity index is 1.46. The van der Waals surface area contributed by atoms with E-state index in [2.05, 4.69) is 25.7 Å². The van der Waals surface area contributed by atoms with Crippen molar-refractivity contribution in [2.45, 2.75) is 25.3 Å². The van der Waals surface area contributed by atoms with E-state index in [0.717, 1.165) is 36.5 Å². The number of benzene rings is 2. The molecule has 7 nitrogen and oxygen atoms in total. The average molecular weight is 350 g/mol. The molecule has 2 aromatic carbocycles. The summed E-state index contributed by atoms with van der Waals surface area (Å²) in [6, 6.07) is 12.2. The van der Waals surface area contributed by atoms with Gasteiger partial charge in [-0.05, 0) is 59.1 Å². The molecule has 2 aromatic heterocycles. The first-order valence-corrected chi connectivity index (χ1v) is 8.46. The maximum Gasteiger partial charge on any atom is 0.246 e. The van der Waals surface area contributed by atoms with Gasteiger partial charge in [0, 0.05) is 18.2 Å². The van der Waals surface area contributed by atoms with Crippen LogP contribution < -0.4 is 5.32 Å². The molecule has 3 heterocycles. The van der Waals surface area contributed by atoms with Crippen LogP contribution in [-0.4, -0.2) is 25.1 Å². The monoisotopic (exact) mass is 350 g/mol. The Labute approximate surface area is 147 Å². The number of nitrogens with zero attached hydrogens (tertiary/aromatic N) is 5. The molecule has 0 saturated carbocycles. The fourth-order valence-electron chi connectivity index (χ4n) is 3.40. The minimum atomic E-state index is -0.230. The summed E-state index contributed by atoms with van der Waals surface area (Å²) in [6.07, 6.45) is 1.98. The van der Waals surface area contributed by atoms with Gasteiger partial charge in [0.1, 0.15) is 22.7 Å². The van der Waals surface area contributed by atoms with E-state index in [0.29, 0.717) is 17.0 Å². The highest BCUT2D eigenvalue weighted by atomic mass is 19.1. The van der Waals surface area contributed by atoms with E-state index in [-0.39, 0.29) is 11.7 Å². The van der Waals surface area contributed by atoms with Crippen molar-refractivity contribution >= 4 is 22.7 Å². The summed E-state index contributed by atoms with van der Waals surface area (Å²) in [5.74, 6) is 1.32. The van der Waals surface area contributed by atoms with Crippen molar-refractivity contribution in [1.29, 1.82) is 0 Å². The zero-order chi connectivity index (χ0) is 17.5. The van der Waals surface area contributed by atoms with Gasteiger partial charge >= 0.3 is 0 Å². The van der Waals surface area contributed by atoms with Crippen LogP contribution in [0.5, 0.6) is 0 Å². The lowest BCUT2D eigenvalue weighted by Crippen LogP contribution is -2.17. The smallest absolute Gasteiger partial charge is 0.246 e. The summed E-state index contributed by atoms with van der Waals surface area (Å²) in [4.78, 5) is 4.68. The third-order valence-electron chi connectivity index (χ3n) is 4.66. The lowest BCUT2D eigenvalue weighted by atomic mass is 9.91. The minimum Gasteiger partial charge on any atom is -0.323 e. The van der Waals surface area contributed by atoms with Crippen LogP contribution in [0.15, 0.2) is 47.1 Å². The summed E-state index contributed by atoms with van der Waals surface area (Å²) in [7, 11) is 0. The molecule has 0 bridgehead atoms. The molecule has 8 heteroatoms. The lowest BCUT2D eigenvalue weighted by Gasteiger charge is -2.22. The number of nitrogens with one attached hydrogen (secondary N) is 1. The van der Waals surface area contributed by atoms with E-state index in [1.807, 2.05) is 35.0 Å². The molecule has 1 atom stereocenters. The summed E-state index contributed by atoms with van der Waals surface area (Å²) in [6.45, 7) is 0.827. The fraction of sp³-hybridized carbons (Fsp3) is 0.222. The summed E-state index contributed by atoms with van der Waals surface area (Å²) in [5.41, 5.74) is 3.24. The third kappa shape index (κ3) is 2.59. The van der Waals surface area contributed by atoms with Crippen molar-refractivity contribution in [1.82, 2.24) is 25.1 Å². The maximum atomic E-state index is 13.2. The first-order valence-electron chi connectivity index (χ1n) is 8.46. The van der Waals surface area contributed by atoms with E-state index < -0.39 is 0 Å². The first kappa shape index (κ1) is 15.0. The third-order valence-corrected chi connectivity index (χ3v) is 4.66. The number of fused-ring (bicyclic) bond motifs is 2. The molecule has 0 saturated heterocycles. The Morgan fingerprint density at radius 3 is 2.81 bits per heavy atom. The molecule has 0 aliphatic carbocycles. The van der Waals surface area contributed by atoms with Gasteiger partial charge in [-0.1, -0.05) is 12.1 Å². The van der Waals surface area contributed by atoms with Crippen molar-refractivity contribution in [2.24, 2.45) is 0 Å². The molecular formula is C18H15FN6O. The van der Waals surface area contributed by atoms with Crippen LogP contribution in [0, 0.1) is 5.82 Å². The number of aromatic nitrogens is 5. The zero-order valence-electron chi connectivity index (χ0n) is 13.8. The highest BCUT2D eigenvalue weighted by Gasteiger charge is 2.26. The van der Waals surface area contributed by atoms with Crippen molar-refractivity contribution in [2.75, 3.05) is 5.32 Å². The van der Waals surface area contributed by atoms with Crippen LogP contribution in [0.3, 0.4) is 0 Å². The molecular weight excluding hydrogens is 335 g/mol. The molecule has 130 valence electrons. The van der Waals surface area contributed by atoms with Crippen molar-refractivity contribution < 1.29 is 9.02 Å². The van der Waals surface area contributed by atoms with Gasteiger partial charge in [0.15, 0.2) is 0 Å². The second-order valence-corrected chi connectivity index (χ2v) is 6.36. The Hall–Kier alpha value is -3.29. The predicted octanol–water partition coefficient (Wildman–Crippen LogP) is 3.62. The molecule has 26 heavy (non-hydrogen) atoms. The highest BCUT2D eigenvalue weighted by molar-refractivity contribution is 5.78. The molecule has 4 aromatic rings. The molecule has 5 rings (SSSR count). The molecule has 0 radical (unpaired) electrons. The largest absolute Gasteiger partial charge is 0.323 e. The maximum absolute atomic E-state index is 13.2. The second kappa shape index (κ2) is 5.91. The van der Waals surface area contributed by atoms with Crippen molar-refractivity contribution in [3.63, 3.8) is 0 Å². The van der Waals surface area contributed by atoms with E-state index in [1.165, 1.54) is 12.1 Å². The van der Waals surface area contributed by atoms with E-state index in [9.17, 15) is 4.39 Å². The molecule has 1 aliphatic rings. The molecule has 0 spiro atoms. The standard InChI is InChI=1S/C18H15FN6O/c19-12-5-3-11(4-6-12)14-2-1-9-25-17(14)21-18(22-25)20-13-7-8-15-16(10-13)24-26-23-15/h3-8,10,14H,1-2,9H2,(H,20,22). The van der Waals surface area contributed by atoms with Gasteiger partial charge in [0.05, 0.1) is 0 Å². The molecule has 1 unspecified atom stereocenters. The van der Waals surface area contributed by atoms with E-state index in [1.54, 1.807) is 0 Å². The molecule has 1 aliphatic heterocycles. The molecule has 1 N–H and O–H groups in total. The Morgan fingerprint density at radius 1 is 1.08 bits per heavy atom. The number of hydrogen-bond acceptors (Lipinski definition) is 6. The van der Waals surface area contributed by atoms with Gasteiger partial charge in [-0.2, -0.15) is 4.98 Å². The van der Waals surface area contributed by atoms with E-state index in [4.69, 9.17) is 4.63 Å². The van der Waals surface area contributed by atoms with Gasteiger partial charge in [-0.15, -0.1) is 5.10 Å². The van der Waals surface area contributed by atoms with Gasteiger partial charge in [0.25, 0.3) is 0 Å².